The van der Waals surface area contributed by atoms with Crippen molar-refractivity contribution in [3.05, 3.63) is 54.1 Å². The molecule has 11 nitrogen and oxygen atoms in total. The molecular formula is C23H32N6O5. The van der Waals surface area contributed by atoms with Crippen LogP contribution in [0.5, 0.6) is 0 Å². The summed E-state index contributed by atoms with van der Waals surface area (Å²) in [5, 5.41) is 17.3. The molecular weight excluding hydrogens is 440 g/mol. The van der Waals surface area contributed by atoms with E-state index in [9.17, 15) is 24.3 Å². The molecule has 0 spiro atoms. The lowest BCUT2D eigenvalue weighted by Gasteiger charge is -2.26. The third-order valence-corrected chi connectivity index (χ3v) is 5.51. The van der Waals surface area contributed by atoms with Crippen molar-refractivity contribution in [1.29, 1.82) is 0 Å². The fraction of sp³-hybridized carbons (Fsp3) is 0.435. The maximum Gasteiger partial charge on any atom is 0.326 e. The van der Waals surface area contributed by atoms with Crippen molar-refractivity contribution in [2.75, 3.05) is 6.54 Å². The molecule has 1 aromatic carbocycles. The van der Waals surface area contributed by atoms with Gasteiger partial charge in [0.15, 0.2) is 0 Å². The number of aromatic nitrogens is 2. The van der Waals surface area contributed by atoms with E-state index in [-0.39, 0.29) is 25.3 Å². The average Bonchev–Trinajstić information content (AvgIpc) is 3.34. The molecule has 0 fully saturated rings. The average molecular weight is 473 g/mol. The Hall–Kier alpha value is -3.73. The van der Waals surface area contributed by atoms with Gasteiger partial charge in [-0.25, -0.2) is 9.78 Å². The first kappa shape index (κ1) is 26.5. The molecule has 1 aromatic heterocycles. The number of carboxylic acids is 1. The minimum Gasteiger partial charge on any atom is -0.480 e. The van der Waals surface area contributed by atoms with Crippen LogP contribution in [0.4, 0.5) is 0 Å². The van der Waals surface area contributed by atoms with E-state index in [0.29, 0.717) is 12.1 Å². The molecule has 11 heteroatoms. The SMILES string of the molecule is CCC(C)C(NC(=O)C(Cc1ccccc1)NC(=O)C(Cc1cnc[nH]1)NC(=O)CN)C(=O)O. The van der Waals surface area contributed by atoms with Crippen LogP contribution in [0.1, 0.15) is 31.5 Å². The van der Waals surface area contributed by atoms with Crippen molar-refractivity contribution >= 4 is 23.7 Å². The lowest BCUT2D eigenvalue weighted by Crippen LogP contribution is -2.58. The maximum absolute atomic E-state index is 13.1. The van der Waals surface area contributed by atoms with Gasteiger partial charge in [-0.2, -0.15) is 0 Å². The summed E-state index contributed by atoms with van der Waals surface area (Å²) >= 11 is 0. The molecule has 2 aromatic rings. The standard InChI is InChI=1S/C23H32N6O5/c1-3-14(2)20(23(33)34)29-22(32)17(9-15-7-5-4-6-8-15)28-21(31)18(27-19(30)11-24)10-16-12-25-13-26-16/h4-8,12-14,17-18,20H,3,9-11,24H2,1-2H3,(H,25,26)(H,27,30)(H,28,31)(H,29,32)(H,33,34). The van der Waals surface area contributed by atoms with E-state index in [1.807, 2.05) is 13.0 Å². The summed E-state index contributed by atoms with van der Waals surface area (Å²) in [6.45, 7) is 3.25. The second-order valence-electron chi connectivity index (χ2n) is 8.07. The van der Waals surface area contributed by atoms with Crippen LogP contribution in [-0.2, 0) is 32.0 Å². The Morgan fingerprint density at radius 1 is 1.03 bits per heavy atom. The first-order valence-electron chi connectivity index (χ1n) is 11.1. The van der Waals surface area contributed by atoms with Crippen molar-refractivity contribution in [2.24, 2.45) is 11.7 Å². The summed E-state index contributed by atoms with van der Waals surface area (Å²) < 4.78 is 0. The molecule has 184 valence electrons. The monoisotopic (exact) mass is 472 g/mol. The molecule has 0 bridgehead atoms. The Morgan fingerprint density at radius 2 is 1.68 bits per heavy atom. The number of amides is 3. The van der Waals surface area contributed by atoms with Gasteiger partial charge in [-0.3, -0.25) is 14.4 Å². The van der Waals surface area contributed by atoms with Crippen LogP contribution >= 0.6 is 0 Å². The first-order chi connectivity index (χ1) is 16.2. The van der Waals surface area contributed by atoms with Gasteiger partial charge in [0.1, 0.15) is 18.1 Å². The summed E-state index contributed by atoms with van der Waals surface area (Å²) in [6, 6.07) is 5.82. The predicted octanol–water partition coefficient (Wildman–Crippen LogP) is -0.261. The van der Waals surface area contributed by atoms with E-state index in [4.69, 9.17) is 5.73 Å². The summed E-state index contributed by atoms with van der Waals surface area (Å²) in [5.41, 5.74) is 6.76. The maximum atomic E-state index is 13.1. The summed E-state index contributed by atoms with van der Waals surface area (Å²) in [5.74, 6) is -3.24. The molecule has 7 N–H and O–H groups in total. The van der Waals surface area contributed by atoms with Gasteiger partial charge in [-0.15, -0.1) is 0 Å². The largest absolute Gasteiger partial charge is 0.480 e. The molecule has 34 heavy (non-hydrogen) atoms. The quantitative estimate of drug-likeness (QED) is 0.232. The van der Waals surface area contributed by atoms with Gasteiger partial charge in [0.2, 0.25) is 17.7 Å². The van der Waals surface area contributed by atoms with Crippen LogP contribution in [0.15, 0.2) is 42.9 Å². The number of aromatic amines is 1. The van der Waals surface area contributed by atoms with Gasteiger partial charge < -0.3 is 31.8 Å². The number of nitrogens with two attached hydrogens (primary N) is 1. The highest BCUT2D eigenvalue weighted by atomic mass is 16.4. The minimum atomic E-state index is -1.15. The summed E-state index contributed by atoms with van der Waals surface area (Å²) in [4.78, 5) is 56.7. The van der Waals surface area contributed by atoms with E-state index in [1.165, 1.54) is 12.5 Å². The van der Waals surface area contributed by atoms with E-state index in [2.05, 4.69) is 25.9 Å². The van der Waals surface area contributed by atoms with Gasteiger partial charge in [0.25, 0.3) is 0 Å². The van der Waals surface area contributed by atoms with E-state index < -0.39 is 41.8 Å². The highest BCUT2D eigenvalue weighted by Crippen LogP contribution is 2.10. The molecule has 0 saturated heterocycles. The number of H-pyrrole nitrogens is 1. The third-order valence-electron chi connectivity index (χ3n) is 5.51. The molecule has 0 aliphatic heterocycles. The summed E-state index contributed by atoms with van der Waals surface area (Å²) in [7, 11) is 0. The van der Waals surface area contributed by atoms with Gasteiger partial charge >= 0.3 is 5.97 Å². The summed E-state index contributed by atoms with van der Waals surface area (Å²) in [6.07, 6.45) is 3.74. The van der Waals surface area contributed by atoms with Gasteiger partial charge in [-0.1, -0.05) is 50.6 Å². The Kier molecular flexibility index (Phi) is 10.2. The Bertz CT molecular complexity index is 950. The number of nitrogens with one attached hydrogen (secondary N) is 4. The highest BCUT2D eigenvalue weighted by molar-refractivity contribution is 5.93. The number of hydrogen-bond donors (Lipinski definition) is 6. The normalized spacial score (nSPS) is 14.3. The molecule has 0 radical (unpaired) electrons. The first-order valence-corrected chi connectivity index (χ1v) is 11.1. The number of nitrogens with zero attached hydrogens (tertiary/aromatic N) is 1. The van der Waals surface area contributed by atoms with Crippen LogP contribution < -0.4 is 21.7 Å². The number of rotatable bonds is 13. The molecule has 3 amide bonds. The number of carbonyl (C=O) groups is 4. The second kappa shape index (κ2) is 13.1. The van der Waals surface area contributed by atoms with E-state index in [0.717, 1.165) is 5.56 Å². The fourth-order valence-electron chi connectivity index (χ4n) is 3.35. The zero-order valence-corrected chi connectivity index (χ0v) is 19.3. The number of carbonyl (C=O) groups excluding carboxylic acids is 3. The Morgan fingerprint density at radius 3 is 2.24 bits per heavy atom. The van der Waals surface area contributed by atoms with E-state index in [1.54, 1.807) is 31.2 Å². The van der Waals surface area contributed by atoms with Crippen LogP contribution in [-0.4, -0.2) is 63.4 Å². The molecule has 0 aliphatic rings. The van der Waals surface area contributed by atoms with Crippen molar-refractivity contribution in [2.45, 2.75) is 51.2 Å². The predicted molar refractivity (Wildman–Crippen MR) is 124 cm³/mol. The van der Waals surface area contributed by atoms with Crippen molar-refractivity contribution in [3.8, 4) is 0 Å². The van der Waals surface area contributed by atoms with Crippen LogP contribution in [0, 0.1) is 5.92 Å². The van der Waals surface area contributed by atoms with Crippen molar-refractivity contribution in [1.82, 2.24) is 25.9 Å². The van der Waals surface area contributed by atoms with E-state index >= 15 is 0 Å². The van der Waals surface area contributed by atoms with Gasteiger partial charge in [0, 0.05) is 24.7 Å². The molecule has 1 heterocycles. The highest BCUT2D eigenvalue weighted by Gasteiger charge is 2.31. The second-order valence-corrected chi connectivity index (χ2v) is 8.07. The fourth-order valence-corrected chi connectivity index (χ4v) is 3.35. The number of carboxylic acid groups (broad SMARTS) is 1. The minimum absolute atomic E-state index is 0.0991. The van der Waals surface area contributed by atoms with Gasteiger partial charge in [0.05, 0.1) is 12.9 Å². The van der Waals surface area contributed by atoms with Crippen molar-refractivity contribution in [3.63, 3.8) is 0 Å². The lowest BCUT2D eigenvalue weighted by molar-refractivity contribution is -0.143. The number of imidazole rings is 1. The van der Waals surface area contributed by atoms with Crippen LogP contribution in [0.3, 0.4) is 0 Å². The smallest absolute Gasteiger partial charge is 0.326 e. The number of hydrogen-bond acceptors (Lipinski definition) is 6. The van der Waals surface area contributed by atoms with Crippen molar-refractivity contribution < 1.29 is 24.3 Å². The Balaban J connectivity index is 2.25. The molecule has 0 aliphatic carbocycles. The molecule has 4 unspecified atom stereocenters. The zero-order valence-electron chi connectivity index (χ0n) is 19.3. The zero-order chi connectivity index (χ0) is 25.1. The number of aliphatic carboxylic acids is 1. The van der Waals surface area contributed by atoms with Crippen LogP contribution in [0.2, 0.25) is 0 Å². The Labute approximate surface area is 197 Å². The van der Waals surface area contributed by atoms with Gasteiger partial charge in [-0.05, 0) is 11.5 Å². The topological polar surface area (TPSA) is 179 Å². The molecule has 0 saturated carbocycles. The molecule has 2 rings (SSSR count). The van der Waals surface area contributed by atoms with Crippen LogP contribution in [0.25, 0.3) is 0 Å². The molecule has 4 atom stereocenters. The third kappa shape index (κ3) is 8.00. The number of benzene rings is 1. The lowest BCUT2D eigenvalue weighted by atomic mass is 9.98.